The van der Waals surface area contributed by atoms with E-state index in [0.29, 0.717) is 0 Å². The van der Waals surface area contributed by atoms with Gasteiger partial charge in [-0.3, -0.25) is 0 Å². The Labute approximate surface area is 121 Å². The van der Waals surface area contributed by atoms with Gasteiger partial charge in [0.25, 0.3) is 0 Å². The fraction of sp³-hybridized carbons (Fsp3) is 0.368. The van der Waals surface area contributed by atoms with Gasteiger partial charge in [0.05, 0.1) is 0 Å². The molecular weight excluding hydrogens is 244 g/mol. The van der Waals surface area contributed by atoms with Crippen molar-refractivity contribution in [2.75, 3.05) is 0 Å². The average Bonchev–Trinajstić information content (AvgIpc) is 2.38. The predicted octanol–water partition coefficient (Wildman–Crippen LogP) is 4.97. The first-order valence-corrected chi connectivity index (χ1v) is 7.27. The summed E-state index contributed by atoms with van der Waals surface area (Å²) in [5, 5.41) is 0. The van der Waals surface area contributed by atoms with Gasteiger partial charge in [-0.1, -0.05) is 56.3 Å². The smallest absolute Gasteiger partial charge is 0.132 e. The number of benzene rings is 2. The van der Waals surface area contributed by atoms with Crippen molar-refractivity contribution in [3.8, 4) is 5.75 Å². The minimum atomic E-state index is -0.261. The second-order valence-electron chi connectivity index (χ2n) is 6.70. The molecule has 0 amide bonds. The molecule has 1 heteroatoms. The standard InChI is InChI=1S/C19H22O/c1-14-9-5-6-10-15(14)19(4)13-18(2,3)16-11-7-8-12-17(16)20-19/h5-12H,13H2,1-4H3. The maximum absolute atomic E-state index is 6.42. The molecule has 0 spiro atoms. The Bertz CT molecular complexity index is 642. The van der Waals surface area contributed by atoms with Gasteiger partial charge < -0.3 is 4.74 Å². The minimum Gasteiger partial charge on any atom is -0.483 e. The fourth-order valence-electron chi connectivity index (χ4n) is 3.65. The summed E-state index contributed by atoms with van der Waals surface area (Å²) >= 11 is 0. The van der Waals surface area contributed by atoms with E-state index in [1.807, 2.05) is 0 Å². The monoisotopic (exact) mass is 266 g/mol. The van der Waals surface area contributed by atoms with Gasteiger partial charge in [0.1, 0.15) is 11.4 Å². The van der Waals surface area contributed by atoms with E-state index in [9.17, 15) is 0 Å². The van der Waals surface area contributed by atoms with E-state index in [4.69, 9.17) is 4.74 Å². The van der Waals surface area contributed by atoms with Gasteiger partial charge in [-0.05, 0) is 42.0 Å². The van der Waals surface area contributed by atoms with Crippen LogP contribution in [0.4, 0.5) is 0 Å². The Morgan fingerprint density at radius 3 is 2.15 bits per heavy atom. The number of rotatable bonds is 1. The molecule has 20 heavy (non-hydrogen) atoms. The van der Waals surface area contributed by atoms with Gasteiger partial charge in [0.15, 0.2) is 0 Å². The summed E-state index contributed by atoms with van der Waals surface area (Å²) in [6, 6.07) is 17.0. The second kappa shape index (κ2) is 4.37. The van der Waals surface area contributed by atoms with E-state index in [-0.39, 0.29) is 11.0 Å². The van der Waals surface area contributed by atoms with Crippen molar-refractivity contribution < 1.29 is 4.74 Å². The highest BCUT2D eigenvalue weighted by Crippen LogP contribution is 2.48. The third-order valence-corrected chi connectivity index (χ3v) is 4.45. The lowest BCUT2D eigenvalue weighted by molar-refractivity contribution is 0.0319. The van der Waals surface area contributed by atoms with Crippen molar-refractivity contribution in [3.63, 3.8) is 0 Å². The maximum atomic E-state index is 6.42. The zero-order valence-corrected chi connectivity index (χ0v) is 12.7. The van der Waals surface area contributed by atoms with Crippen LogP contribution in [0.3, 0.4) is 0 Å². The number of fused-ring (bicyclic) bond motifs is 1. The van der Waals surface area contributed by atoms with Gasteiger partial charge in [-0.15, -0.1) is 0 Å². The summed E-state index contributed by atoms with van der Waals surface area (Å²) in [4.78, 5) is 0. The van der Waals surface area contributed by atoms with Gasteiger partial charge in [0, 0.05) is 6.42 Å². The SMILES string of the molecule is Cc1ccccc1C1(C)CC(C)(C)c2ccccc2O1. The van der Waals surface area contributed by atoms with Crippen molar-refractivity contribution in [1.29, 1.82) is 0 Å². The molecular formula is C19H22O. The second-order valence-corrected chi connectivity index (χ2v) is 6.70. The quantitative estimate of drug-likeness (QED) is 0.708. The number of para-hydroxylation sites is 1. The molecule has 1 heterocycles. The molecule has 1 nitrogen and oxygen atoms in total. The van der Waals surface area contributed by atoms with Crippen LogP contribution in [0.2, 0.25) is 0 Å². The molecule has 0 bridgehead atoms. The summed E-state index contributed by atoms with van der Waals surface area (Å²) in [5.41, 5.74) is 3.76. The third-order valence-electron chi connectivity index (χ3n) is 4.45. The molecule has 3 rings (SSSR count). The van der Waals surface area contributed by atoms with Crippen LogP contribution in [0.25, 0.3) is 0 Å². The Morgan fingerprint density at radius 1 is 0.850 bits per heavy atom. The largest absolute Gasteiger partial charge is 0.483 e. The molecule has 2 aromatic rings. The van der Waals surface area contributed by atoms with Crippen LogP contribution in [-0.4, -0.2) is 0 Å². The molecule has 0 N–H and O–H groups in total. The van der Waals surface area contributed by atoms with Gasteiger partial charge in [-0.25, -0.2) is 0 Å². The third kappa shape index (κ3) is 2.02. The molecule has 104 valence electrons. The molecule has 0 saturated carbocycles. The summed E-state index contributed by atoms with van der Waals surface area (Å²) in [6.07, 6.45) is 0.988. The first-order valence-electron chi connectivity index (χ1n) is 7.27. The molecule has 0 aromatic heterocycles. The number of hydrogen-bond donors (Lipinski definition) is 0. The van der Waals surface area contributed by atoms with Crippen LogP contribution in [0.5, 0.6) is 5.75 Å². The number of ether oxygens (including phenoxy) is 1. The molecule has 0 fully saturated rings. The van der Waals surface area contributed by atoms with Crippen molar-refractivity contribution in [1.82, 2.24) is 0 Å². The average molecular weight is 266 g/mol. The summed E-state index contributed by atoms with van der Waals surface area (Å²) in [5.74, 6) is 1.02. The van der Waals surface area contributed by atoms with Crippen LogP contribution in [0.15, 0.2) is 48.5 Å². The Balaban J connectivity index is 2.13. The van der Waals surface area contributed by atoms with E-state index in [0.717, 1.165) is 12.2 Å². The molecule has 0 radical (unpaired) electrons. The summed E-state index contributed by atoms with van der Waals surface area (Å²) in [7, 11) is 0. The maximum Gasteiger partial charge on any atom is 0.132 e. The minimum absolute atomic E-state index is 0.117. The van der Waals surface area contributed by atoms with Crippen molar-refractivity contribution >= 4 is 0 Å². The van der Waals surface area contributed by atoms with Crippen LogP contribution < -0.4 is 4.74 Å². The van der Waals surface area contributed by atoms with E-state index in [1.165, 1.54) is 16.7 Å². The molecule has 2 aromatic carbocycles. The Morgan fingerprint density at radius 2 is 1.45 bits per heavy atom. The lowest BCUT2D eigenvalue weighted by Crippen LogP contribution is -2.42. The topological polar surface area (TPSA) is 9.23 Å². The van der Waals surface area contributed by atoms with Gasteiger partial charge >= 0.3 is 0 Å². The highest BCUT2D eigenvalue weighted by Gasteiger charge is 2.43. The first kappa shape index (κ1) is 13.2. The van der Waals surface area contributed by atoms with Crippen LogP contribution in [0.1, 0.15) is 43.9 Å². The lowest BCUT2D eigenvalue weighted by Gasteiger charge is -2.45. The highest BCUT2D eigenvalue weighted by molar-refractivity contribution is 5.44. The van der Waals surface area contributed by atoms with Gasteiger partial charge in [-0.2, -0.15) is 0 Å². The van der Waals surface area contributed by atoms with Crippen LogP contribution >= 0.6 is 0 Å². The normalized spacial score (nSPS) is 23.8. The van der Waals surface area contributed by atoms with E-state index in [2.05, 4.69) is 76.2 Å². The van der Waals surface area contributed by atoms with E-state index in [1.54, 1.807) is 0 Å². The zero-order valence-electron chi connectivity index (χ0n) is 12.7. The first-order chi connectivity index (χ1) is 9.42. The van der Waals surface area contributed by atoms with E-state index < -0.39 is 0 Å². The molecule has 0 aliphatic carbocycles. The molecule has 1 atom stereocenters. The van der Waals surface area contributed by atoms with Crippen LogP contribution in [0, 0.1) is 6.92 Å². The Hall–Kier alpha value is -1.76. The van der Waals surface area contributed by atoms with Crippen molar-refractivity contribution in [3.05, 3.63) is 65.2 Å². The van der Waals surface area contributed by atoms with Gasteiger partial charge in [0.2, 0.25) is 0 Å². The highest BCUT2D eigenvalue weighted by atomic mass is 16.5. The number of aryl methyl sites for hydroxylation is 1. The predicted molar refractivity (Wildman–Crippen MR) is 83.2 cm³/mol. The number of hydrogen-bond acceptors (Lipinski definition) is 1. The van der Waals surface area contributed by atoms with Crippen molar-refractivity contribution in [2.45, 2.75) is 45.1 Å². The zero-order chi connectivity index (χ0) is 14.4. The molecule has 0 saturated heterocycles. The summed E-state index contributed by atoms with van der Waals surface area (Å²) < 4.78 is 6.42. The molecule has 1 aliphatic rings. The molecule has 1 unspecified atom stereocenters. The fourth-order valence-corrected chi connectivity index (χ4v) is 3.65. The van der Waals surface area contributed by atoms with E-state index >= 15 is 0 Å². The molecule has 1 aliphatic heterocycles. The summed E-state index contributed by atoms with van der Waals surface area (Å²) in [6.45, 7) is 9.00. The lowest BCUT2D eigenvalue weighted by atomic mass is 9.70. The Kier molecular flexibility index (Phi) is 2.89. The van der Waals surface area contributed by atoms with Crippen molar-refractivity contribution in [2.24, 2.45) is 0 Å². The van der Waals surface area contributed by atoms with Crippen LogP contribution in [-0.2, 0) is 11.0 Å².